The molecule has 1 aliphatic heterocycles. The summed E-state index contributed by atoms with van der Waals surface area (Å²) in [6, 6.07) is 3.97. The van der Waals surface area contributed by atoms with Crippen molar-refractivity contribution in [2.75, 3.05) is 0 Å². The fourth-order valence-electron chi connectivity index (χ4n) is 0.663. The Kier molecular flexibility index (Phi) is 2.31. The molecule has 2 heterocycles. The zero-order chi connectivity index (χ0) is 7.68. The molecule has 0 bridgehead atoms. The Morgan fingerprint density at radius 3 is 3.00 bits per heavy atom. The predicted molar refractivity (Wildman–Crippen MR) is 54.1 cm³/mol. The molecule has 0 aliphatic carbocycles. The minimum atomic E-state index is -0.471. The van der Waals surface area contributed by atoms with Crippen LogP contribution >= 0.6 is 33.0 Å². The Morgan fingerprint density at radius 1 is 1.55 bits per heavy atom. The van der Waals surface area contributed by atoms with Crippen molar-refractivity contribution in [2.45, 2.75) is 0 Å². The quantitative estimate of drug-likeness (QED) is 0.530. The van der Waals surface area contributed by atoms with E-state index in [0.29, 0.717) is 0 Å². The first kappa shape index (κ1) is 7.79. The highest BCUT2D eigenvalue weighted by Crippen LogP contribution is 2.27. The van der Waals surface area contributed by atoms with Crippen LogP contribution in [-0.4, -0.2) is 5.84 Å². The van der Waals surface area contributed by atoms with E-state index in [4.69, 9.17) is 10.7 Å². The molecule has 11 heavy (non-hydrogen) atoms. The highest BCUT2D eigenvalue weighted by molar-refractivity contribution is 8.78. The van der Waals surface area contributed by atoms with Gasteiger partial charge >= 0.3 is 0 Å². The number of thiophene rings is 1. The number of hydrogen-bond acceptors (Lipinski definition) is 4. The Bertz CT molecular complexity index is 316. The summed E-state index contributed by atoms with van der Waals surface area (Å²) in [7, 11) is 6.59. The molecule has 0 aromatic carbocycles. The fraction of sp³-hybridized carbons (Fsp3) is 0. The van der Waals surface area contributed by atoms with Crippen molar-refractivity contribution in [3.05, 3.63) is 22.4 Å². The standard InChI is InChI=1S/C5H3ClN2S3/c6-11-8-5(7-10-11)4-2-1-3-9-4/h1-3H. The predicted octanol–water partition coefficient (Wildman–Crippen LogP) is 3.03. The summed E-state index contributed by atoms with van der Waals surface area (Å²) in [4.78, 5) is 1.09. The largest absolute Gasteiger partial charge is 0.187 e. The number of rotatable bonds is 1. The van der Waals surface area contributed by atoms with E-state index in [2.05, 4.69) is 8.76 Å². The molecule has 2 rings (SSSR count). The summed E-state index contributed by atoms with van der Waals surface area (Å²) >= 11 is 1.63. The Labute approximate surface area is 78.8 Å². The van der Waals surface area contributed by atoms with Crippen LogP contribution in [0.25, 0.3) is 0 Å². The number of nitrogens with zero attached hydrogens (tertiary/aromatic N) is 2. The molecule has 2 nitrogen and oxygen atoms in total. The Balaban J connectivity index is 2.32. The maximum absolute atomic E-state index is 5.74. The molecule has 6 heteroatoms. The molecule has 1 aromatic rings. The molecule has 0 spiro atoms. The van der Waals surface area contributed by atoms with Crippen LogP contribution in [-0.2, 0) is 8.94 Å². The molecule has 1 aromatic heterocycles. The molecule has 0 fully saturated rings. The van der Waals surface area contributed by atoms with Crippen molar-refractivity contribution >= 4 is 47.8 Å². The fourth-order valence-corrected chi connectivity index (χ4v) is 3.23. The Morgan fingerprint density at radius 2 is 2.45 bits per heavy atom. The molecule has 1 unspecified atom stereocenters. The van der Waals surface area contributed by atoms with Crippen LogP contribution in [0.4, 0.5) is 0 Å². The third kappa shape index (κ3) is 1.66. The first-order valence-electron chi connectivity index (χ1n) is 2.78. The Hall–Kier alpha value is 0.160. The van der Waals surface area contributed by atoms with Crippen LogP contribution in [0.3, 0.4) is 0 Å². The normalized spacial score (nSPS) is 23.0. The van der Waals surface area contributed by atoms with Gasteiger partial charge in [0.25, 0.3) is 0 Å². The summed E-state index contributed by atoms with van der Waals surface area (Å²) in [5, 5.41) is 2.00. The third-order valence-electron chi connectivity index (χ3n) is 1.09. The van der Waals surface area contributed by atoms with Crippen LogP contribution in [0.15, 0.2) is 26.3 Å². The second kappa shape index (κ2) is 3.26. The monoisotopic (exact) mass is 222 g/mol. The van der Waals surface area contributed by atoms with Gasteiger partial charge in [0.05, 0.1) is 24.8 Å². The van der Waals surface area contributed by atoms with Gasteiger partial charge in [-0.2, -0.15) is 8.76 Å². The van der Waals surface area contributed by atoms with E-state index in [0.717, 1.165) is 10.7 Å². The molecular weight excluding hydrogens is 220 g/mol. The first-order chi connectivity index (χ1) is 5.36. The van der Waals surface area contributed by atoms with Gasteiger partial charge in [-0.15, -0.1) is 11.3 Å². The van der Waals surface area contributed by atoms with Gasteiger partial charge in [0, 0.05) is 0 Å². The zero-order valence-corrected chi connectivity index (χ0v) is 8.43. The van der Waals surface area contributed by atoms with Crippen molar-refractivity contribution in [1.82, 2.24) is 0 Å². The lowest BCUT2D eigenvalue weighted by atomic mass is 10.4. The summed E-state index contributed by atoms with van der Waals surface area (Å²) in [5.74, 6) is 0.781. The zero-order valence-electron chi connectivity index (χ0n) is 5.23. The van der Waals surface area contributed by atoms with Gasteiger partial charge in [-0.1, -0.05) is 6.07 Å². The van der Waals surface area contributed by atoms with E-state index in [9.17, 15) is 0 Å². The number of hydrogen-bond donors (Lipinski definition) is 0. The second-order valence-electron chi connectivity index (χ2n) is 1.76. The maximum atomic E-state index is 5.74. The molecule has 1 atom stereocenters. The molecule has 0 saturated carbocycles. The lowest BCUT2D eigenvalue weighted by Gasteiger charge is -1.85. The van der Waals surface area contributed by atoms with E-state index in [1.165, 1.54) is 11.0 Å². The van der Waals surface area contributed by atoms with Crippen molar-refractivity contribution in [3.8, 4) is 0 Å². The third-order valence-corrected chi connectivity index (χ3v) is 4.17. The highest BCUT2D eigenvalue weighted by atomic mass is 35.7. The summed E-state index contributed by atoms with van der Waals surface area (Å²) in [6.45, 7) is 0. The SMILES string of the molecule is ClS1=NC(c2cccs2)=NS1. The van der Waals surface area contributed by atoms with Crippen molar-refractivity contribution < 1.29 is 0 Å². The van der Waals surface area contributed by atoms with Crippen LogP contribution < -0.4 is 0 Å². The van der Waals surface area contributed by atoms with Gasteiger partial charge in [0.2, 0.25) is 0 Å². The average molecular weight is 223 g/mol. The van der Waals surface area contributed by atoms with E-state index < -0.39 is 8.94 Å². The number of amidine groups is 1. The lowest BCUT2D eigenvalue weighted by molar-refractivity contribution is 1.70. The van der Waals surface area contributed by atoms with Gasteiger partial charge in [0.1, 0.15) is 0 Å². The smallest absolute Gasteiger partial charge is 0.181 e. The van der Waals surface area contributed by atoms with Crippen molar-refractivity contribution in [3.63, 3.8) is 0 Å². The van der Waals surface area contributed by atoms with E-state index in [1.54, 1.807) is 11.3 Å². The average Bonchev–Trinajstić information content (AvgIpc) is 2.55. The van der Waals surface area contributed by atoms with E-state index in [1.807, 2.05) is 17.5 Å². The van der Waals surface area contributed by atoms with E-state index in [-0.39, 0.29) is 0 Å². The summed E-state index contributed by atoms with van der Waals surface area (Å²) in [6.07, 6.45) is 0. The van der Waals surface area contributed by atoms with Gasteiger partial charge in [-0.3, -0.25) is 0 Å². The second-order valence-corrected chi connectivity index (χ2v) is 6.46. The van der Waals surface area contributed by atoms with Crippen molar-refractivity contribution in [1.29, 1.82) is 0 Å². The van der Waals surface area contributed by atoms with Crippen LogP contribution in [0.5, 0.6) is 0 Å². The maximum Gasteiger partial charge on any atom is 0.187 e. The molecule has 58 valence electrons. The van der Waals surface area contributed by atoms with Crippen LogP contribution in [0.1, 0.15) is 4.88 Å². The molecular formula is C5H3ClN2S3. The minimum Gasteiger partial charge on any atom is -0.181 e. The highest BCUT2D eigenvalue weighted by Gasteiger charge is 2.10. The van der Waals surface area contributed by atoms with Crippen molar-refractivity contribution in [2.24, 2.45) is 8.76 Å². The van der Waals surface area contributed by atoms with Gasteiger partial charge in [-0.25, -0.2) is 0 Å². The number of halogens is 1. The van der Waals surface area contributed by atoms with Gasteiger partial charge in [-0.05, 0) is 22.1 Å². The molecule has 0 saturated heterocycles. The van der Waals surface area contributed by atoms with Crippen LogP contribution in [0, 0.1) is 0 Å². The van der Waals surface area contributed by atoms with Crippen LogP contribution in [0.2, 0.25) is 0 Å². The lowest BCUT2D eigenvalue weighted by Crippen LogP contribution is -1.86. The molecule has 0 N–H and O–H groups in total. The van der Waals surface area contributed by atoms with E-state index >= 15 is 0 Å². The molecule has 0 amide bonds. The molecule has 0 radical (unpaired) electrons. The van der Waals surface area contributed by atoms with Gasteiger partial charge in [0.15, 0.2) is 5.84 Å². The van der Waals surface area contributed by atoms with Gasteiger partial charge < -0.3 is 0 Å². The molecule has 1 aliphatic rings. The summed E-state index contributed by atoms with van der Waals surface area (Å²) < 4.78 is 8.26. The summed E-state index contributed by atoms with van der Waals surface area (Å²) in [5.41, 5.74) is 0. The first-order valence-corrected chi connectivity index (χ1v) is 6.96. The minimum absolute atomic E-state index is 0.471. The topological polar surface area (TPSA) is 24.7 Å².